The second kappa shape index (κ2) is 12.5. The van der Waals surface area contributed by atoms with Crippen molar-refractivity contribution < 1.29 is 0 Å². The molecular formula is C50H34N4. The van der Waals surface area contributed by atoms with Crippen LogP contribution >= 0.6 is 0 Å². The number of nitrogens with zero attached hydrogens (tertiary/aromatic N) is 4. The van der Waals surface area contributed by atoms with Crippen LogP contribution in [0.4, 0.5) is 5.69 Å². The average Bonchev–Trinajstić information content (AvgIpc) is 3.73. The van der Waals surface area contributed by atoms with E-state index < -0.39 is 0 Å². The minimum absolute atomic E-state index is 0.608. The van der Waals surface area contributed by atoms with E-state index in [0.29, 0.717) is 5.69 Å². The molecule has 0 spiro atoms. The van der Waals surface area contributed by atoms with Gasteiger partial charge in [0, 0.05) is 27.1 Å². The van der Waals surface area contributed by atoms with Gasteiger partial charge in [-0.15, -0.1) is 0 Å². The van der Waals surface area contributed by atoms with Crippen molar-refractivity contribution in [2.75, 3.05) is 0 Å². The average molecular weight is 691 g/mol. The van der Waals surface area contributed by atoms with Gasteiger partial charge in [0.05, 0.1) is 52.4 Å². The maximum Gasteiger partial charge on any atom is 0.187 e. The molecular weight excluding hydrogens is 657 g/mol. The minimum Gasteiger partial charge on any atom is -0.307 e. The second-order valence-electron chi connectivity index (χ2n) is 14.0. The molecule has 254 valence electrons. The predicted octanol–water partition coefficient (Wildman–Crippen LogP) is 13.4. The molecule has 0 saturated heterocycles. The molecule has 7 aromatic carbocycles. The summed E-state index contributed by atoms with van der Waals surface area (Å²) in [7, 11) is 0. The fourth-order valence-corrected chi connectivity index (χ4v) is 8.37. The molecule has 0 N–H and O–H groups in total. The number of benzene rings is 7. The topological polar surface area (TPSA) is 27.1 Å². The Hall–Kier alpha value is -7.22. The Morgan fingerprint density at radius 2 is 0.870 bits per heavy atom. The maximum absolute atomic E-state index is 7.68. The summed E-state index contributed by atoms with van der Waals surface area (Å²) in [6.45, 7) is 12.0. The minimum atomic E-state index is 0.608. The van der Waals surface area contributed by atoms with Gasteiger partial charge < -0.3 is 9.13 Å². The number of hydrogen-bond acceptors (Lipinski definition) is 1. The van der Waals surface area contributed by atoms with Crippen molar-refractivity contribution in [1.29, 1.82) is 0 Å². The van der Waals surface area contributed by atoms with Crippen molar-refractivity contribution >= 4 is 49.3 Å². The van der Waals surface area contributed by atoms with E-state index in [4.69, 9.17) is 11.6 Å². The van der Waals surface area contributed by atoms with Gasteiger partial charge in [0.2, 0.25) is 0 Å². The first kappa shape index (κ1) is 31.5. The summed E-state index contributed by atoms with van der Waals surface area (Å²) in [5.41, 5.74) is 16.4. The van der Waals surface area contributed by atoms with E-state index in [9.17, 15) is 0 Å². The second-order valence-corrected chi connectivity index (χ2v) is 14.0. The van der Waals surface area contributed by atoms with Crippen LogP contribution in [0.2, 0.25) is 0 Å². The van der Waals surface area contributed by atoms with Gasteiger partial charge >= 0.3 is 0 Å². The lowest BCUT2D eigenvalue weighted by Gasteiger charge is -2.19. The Bertz CT molecular complexity index is 2950. The molecule has 10 aromatic rings. The Kier molecular flexibility index (Phi) is 7.28. The fraction of sp³-hybridized carbons (Fsp3) is 0.0400. The number of rotatable bonds is 5. The molecule has 10 rings (SSSR count). The third-order valence-corrected chi connectivity index (χ3v) is 10.9. The number of fused-ring (bicyclic) bond motifs is 6. The van der Waals surface area contributed by atoms with Crippen molar-refractivity contribution in [3.8, 4) is 44.8 Å². The number of pyridine rings is 1. The summed E-state index contributed by atoms with van der Waals surface area (Å²) in [4.78, 5) is 8.73. The van der Waals surface area contributed by atoms with Crippen LogP contribution in [0.3, 0.4) is 0 Å². The van der Waals surface area contributed by atoms with Crippen molar-refractivity contribution in [3.63, 3.8) is 0 Å². The highest BCUT2D eigenvalue weighted by Gasteiger charge is 2.23. The van der Waals surface area contributed by atoms with Gasteiger partial charge in [-0.3, -0.25) is 4.98 Å². The zero-order valence-electron chi connectivity index (χ0n) is 30.0. The Balaban J connectivity index is 1.29. The van der Waals surface area contributed by atoms with Crippen molar-refractivity contribution in [2.45, 2.75) is 13.8 Å². The van der Waals surface area contributed by atoms with E-state index in [-0.39, 0.29) is 0 Å². The van der Waals surface area contributed by atoms with Crippen LogP contribution in [-0.2, 0) is 0 Å². The van der Waals surface area contributed by atoms with Crippen molar-refractivity contribution in [1.82, 2.24) is 14.1 Å². The van der Waals surface area contributed by atoms with Crippen molar-refractivity contribution in [2.24, 2.45) is 0 Å². The molecule has 0 saturated carbocycles. The summed E-state index contributed by atoms with van der Waals surface area (Å²) in [5, 5.41) is 4.74. The lowest BCUT2D eigenvalue weighted by molar-refractivity contribution is 1.09. The molecule has 0 unspecified atom stereocenters. The fourth-order valence-electron chi connectivity index (χ4n) is 8.37. The summed E-state index contributed by atoms with van der Waals surface area (Å²) in [6.07, 6.45) is 3.99. The van der Waals surface area contributed by atoms with Gasteiger partial charge in [0.25, 0.3) is 0 Å². The Labute approximate surface area is 313 Å². The van der Waals surface area contributed by atoms with Crippen molar-refractivity contribution in [3.05, 3.63) is 193 Å². The zero-order valence-corrected chi connectivity index (χ0v) is 30.0. The number of hydrogen-bond donors (Lipinski definition) is 0. The van der Waals surface area contributed by atoms with Crippen LogP contribution < -0.4 is 0 Å². The largest absolute Gasteiger partial charge is 0.307 e. The molecule has 4 nitrogen and oxygen atoms in total. The summed E-state index contributed by atoms with van der Waals surface area (Å²) < 4.78 is 4.73. The van der Waals surface area contributed by atoms with Crippen LogP contribution in [0.25, 0.3) is 93.2 Å². The number of aryl methyl sites for hydroxylation is 2. The standard InChI is InChI=1S/C50H34N4/c1-32-12-4-6-14-38(32)35-22-26-46-42(28-35)40-16-8-10-18-44(40)53(46)48-30-52-31-49(50(48)34-20-24-37(51-3)25-21-34)54-45-19-11-9-17-41(45)43-29-36(23-27-47(43)54)39-15-7-5-13-33(39)2/h4-31H,1-2H3. The van der Waals surface area contributed by atoms with Gasteiger partial charge in [0.1, 0.15) is 0 Å². The lowest BCUT2D eigenvalue weighted by atomic mass is 9.98. The molecule has 0 amide bonds. The van der Waals surface area contributed by atoms with Gasteiger partial charge in [-0.05, 0) is 89.2 Å². The Morgan fingerprint density at radius 3 is 1.35 bits per heavy atom. The molecule has 54 heavy (non-hydrogen) atoms. The van der Waals surface area contributed by atoms with Crippen LogP contribution in [0.5, 0.6) is 0 Å². The van der Waals surface area contributed by atoms with E-state index >= 15 is 0 Å². The molecule has 0 aliphatic rings. The number of aromatic nitrogens is 3. The predicted molar refractivity (Wildman–Crippen MR) is 225 cm³/mol. The summed E-state index contributed by atoms with van der Waals surface area (Å²) in [6, 6.07) is 56.1. The Morgan fingerprint density at radius 1 is 0.444 bits per heavy atom. The molecule has 0 atom stereocenters. The van der Waals surface area contributed by atoms with Crippen LogP contribution in [-0.4, -0.2) is 14.1 Å². The summed E-state index contributed by atoms with van der Waals surface area (Å²) >= 11 is 0. The molecule has 4 heteroatoms. The van der Waals surface area contributed by atoms with E-state index in [1.807, 2.05) is 24.5 Å². The van der Waals surface area contributed by atoms with Gasteiger partial charge in [-0.2, -0.15) is 0 Å². The number of para-hydroxylation sites is 2. The maximum atomic E-state index is 7.68. The molecule has 0 fully saturated rings. The SMILES string of the molecule is [C-]#[N+]c1ccc(-c2c(-n3c4ccccc4c4cc(-c5ccccc5C)ccc43)cncc2-n2c3ccccc3c3cc(-c4ccccc4C)ccc32)cc1. The van der Waals surface area contributed by atoms with E-state index in [2.05, 4.69) is 173 Å². The molecule has 0 radical (unpaired) electrons. The molecule has 0 aliphatic carbocycles. The molecule has 0 bridgehead atoms. The first-order chi connectivity index (χ1) is 26.6. The van der Waals surface area contributed by atoms with E-state index in [1.165, 1.54) is 54.9 Å². The lowest BCUT2D eigenvalue weighted by Crippen LogP contribution is -2.04. The monoisotopic (exact) mass is 690 g/mol. The smallest absolute Gasteiger partial charge is 0.187 e. The first-order valence-electron chi connectivity index (χ1n) is 18.2. The highest BCUT2D eigenvalue weighted by Crippen LogP contribution is 2.43. The van der Waals surface area contributed by atoms with E-state index in [1.54, 1.807) is 0 Å². The molecule has 0 aliphatic heterocycles. The van der Waals surface area contributed by atoms with Gasteiger partial charge in [0.15, 0.2) is 5.69 Å². The molecule has 3 heterocycles. The normalized spacial score (nSPS) is 11.5. The van der Waals surface area contributed by atoms with E-state index in [0.717, 1.165) is 44.6 Å². The quantitative estimate of drug-likeness (QED) is 0.165. The van der Waals surface area contributed by atoms with Crippen LogP contribution in [0, 0.1) is 20.4 Å². The zero-order chi connectivity index (χ0) is 36.3. The highest BCUT2D eigenvalue weighted by atomic mass is 15.0. The highest BCUT2D eigenvalue weighted by molar-refractivity contribution is 6.13. The van der Waals surface area contributed by atoms with Gasteiger partial charge in [-0.25, -0.2) is 4.85 Å². The molecule has 3 aromatic heterocycles. The third-order valence-electron chi connectivity index (χ3n) is 10.9. The first-order valence-corrected chi connectivity index (χ1v) is 18.2. The van der Waals surface area contributed by atoms with Crippen LogP contribution in [0.1, 0.15) is 11.1 Å². The van der Waals surface area contributed by atoms with Crippen LogP contribution in [0.15, 0.2) is 170 Å². The van der Waals surface area contributed by atoms with Gasteiger partial charge in [-0.1, -0.05) is 121 Å². The third kappa shape index (κ3) is 4.87. The summed E-state index contributed by atoms with van der Waals surface area (Å²) in [5.74, 6) is 0.